The minimum atomic E-state index is -4.08. The van der Waals surface area contributed by atoms with E-state index in [2.05, 4.69) is 4.72 Å². The normalized spacial score (nSPS) is 12.3. The maximum Gasteiger partial charge on any atom is 0.312 e. The topological polar surface area (TPSA) is 92.3 Å². The number of para-hydroxylation sites is 1. The molecule has 0 aliphatic heterocycles. The summed E-state index contributed by atoms with van der Waals surface area (Å²) in [5.74, 6) is 0. The number of nitrogens with one attached hydrogen (secondary N) is 2. The molecule has 0 aliphatic carbocycles. The standard InChI is InChI=1S/C7H10N2O4S2/c1-14(10,11)9-15(12,13)8-7-5-3-2-4-6-7/h2-6,8-9H,1H3. The predicted molar refractivity (Wildman–Crippen MR) is 57.0 cm³/mol. The molecule has 0 saturated carbocycles. The summed E-state index contributed by atoms with van der Waals surface area (Å²) < 4.78 is 47.4. The molecule has 1 aromatic carbocycles. The summed E-state index contributed by atoms with van der Waals surface area (Å²) in [6.45, 7) is 0. The third kappa shape index (κ3) is 4.77. The van der Waals surface area contributed by atoms with Crippen molar-refractivity contribution in [3.05, 3.63) is 30.3 Å². The second kappa shape index (κ2) is 4.17. The molecule has 0 bridgehead atoms. The maximum absolute atomic E-state index is 11.2. The van der Waals surface area contributed by atoms with E-state index in [0.29, 0.717) is 0 Å². The van der Waals surface area contributed by atoms with E-state index in [1.54, 1.807) is 18.2 Å². The second-order valence-corrected chi connectivity index (χ2v) is 6.25. The molecule has 0 unspecified atom stereocenters. The van der Waals surface area contributed by atoms with Gasteiger partial charge >= 0.3 is 10.2 Å². The van der Waals surface area contributed by atoms with E-state index in [0.717, 1.165) is 6.26 Å². The highest BCUT2D eigenvalue weighted by Gasteiger charge is 2.15. The van der Waals surface area contributed by atoms with Gasteiger partial charge in [-0.1, -0.05) is 22.3 Å². The van der Waals surface area contributed by atoms with Crippen molar-refractivity contribution >= 4 is 25.9 Å². The van der Waals surface area contributed by atoms with Gasteiger partial charge in [-0.15, -0.1) is 0 Å². The van der Waals surface area contributed by atoms with E-state index in [1.165, 1.54) is 16.3 Å². The van der Waals surface area contributed by atoms with Gasteiger partial charge in [0.2, 0.25) is 10.0 Å². The summed E-state index contributed by atoms with van der Waals surface area (Å²) in [5.41, 5.74) is 0.286. The molecule has 6 nitrogen and oxygen atoms in total. The van der Waals surface area contributed by atoms with Crippen LogP contribution in [0.25, 0.3) is 0 Å². The van der Waals surface area contributed by atoms with Gasteiger partial charge in [0.15, 0.2) is 0 Å². The minimum Gasteiger partial charge on any atom is -0.270 e. The monoisotopic (exact) mass is 250 g/mol. The lowest BCUT2D eigenvalue weighted by Crippen LogP contribution is -2.34. The zero-order valence-electron chi connectivity index (χ0n) is 7.84. The maximum atomic E-state index is 11.2. The van der Waals surface area contributed by atoms with Gasteiger partial charge in [-0.3, -0.25) is 4.72 Å². The third-order valence-corrected chi connectivity index (χ3v) is 3.88. The Morgan fingerprint density at radius 1 is 1.00 bits per heavy atom. The molecular formula is C7H10N2O4S2. The van der Waals surface area contributed by atoms with Gasteiger partial charge < -0.3 is 0 Å². The molecule has 0 saturated heterocycles. The van der Waals surface area contributed by atoms with Gasteiger partial charge in [-0.2, -0.15) is 8.42 Å². The van der Waals surface area contributed by atoms with Gasteiger partial charge in [0.05, 0.1) is 6.26 Å². The fourth-order valence-corrected chi connectivity index (χ4v) is 3.09. The Bertz CT molecular complexity index is 521. The van der Waals surface area contributed by atoms with E-state index in [1.807, 2.05) is 0 Å². The molecule has 0 aliphatic rings. The molecular weight excluding hydrogens is 240 g/mol. The lowest BCUT2D eigenvalue weighted by Gasteiger charge is -2.06. The van der Waals surface area contributed by atoms with Crippen LogP contribution in [0.15, 0.2) is 30.3 Å². The first-order valence-electron chi connectivity index (χ1n) is 3.85. The van der Waals surface area contributed by atoms with Crippen LogP contribution in [-0.4, -0.2) is 23.1 Å². The van der Waals surface area contributed by atoms with Crippen LogP contribution >= 0.6 is 0 Å². The van der Waals surface area contributed by atoms with Crippen molar-refractivity contribution in [3.63, 3.8) is 0 Å². The molecule has 0 aromatic heterocycles. The number of sulfonamides is 1. The fourth-order valence-electron chi connectivity index (χ4n) is 0.881. The number of benzene rings is 1. The van der Waals surface area contributed by atoms with E-state index in [-0.39, 0.29) is 5.69 Å². The highest BCUT2D eigenvalue weighted by molar-refractivity contribution is 8.05. The van der Waals surface area contributed by atoms with Crippen LogP contribution < -0.4 is 8.85 Å². The minimum absolute atomic E-state index is 0.286. The Morgan fingerprint density at radius 3 is 2.00 bits per heavy atom. The number of rotatable bonds is 4. The zero-order chi connectivity index (χ0) is 11.5. The highest BCUT2D eigenvalue weighted by atomic mass is 32.3. The van der Waals surface area contributed by atoms with E-state index in [9.17, 15) is 16.8 Å². The quantitative estimate of drug-likeness (QED) is 0.780. The Balaban J connectivity index is 2.83. The Morgan fingerprint density at radius 2 is 1.53 bits per heavy atom. The number of hydrogen-bond donors (Lipinski definition) is 2. The third-order valence-electron chi connectivity index (χ3n) is 1.29. The second-order valence-electron chi connectivity index (χ2n) is 2.83. The van der Waals surface area contributed by atoms with Crippen molar-refractivity contribution in [2.24, 2.45) is 0 Å². The zero-order valence-corrected chi connectivity index (χ0v) is 9.47. The number of anilines is 1. The van der Waals surface area contributed by atoms with Crippen LogP contribution in [0.5, 0.6) is 0 Å². The Kier molecular flexibility index (Phi) is 3.32. The van der Waals surface area contributed by atoms with Crippen LogP contribution in [0.2, 0.25) is 0 Å². The first kappa shape index (κ1) is 12.0. The smallest absolute Gasteiger partial charge is 0.270 e. The summed E-state index contributed by atoms with van der Waals surface area (Å²) in [4.78, 5) is 0. The fraction of sp³-hybridized carbons (Fsp3) is 0.143. The molecule has 0 fully saturated rings. The first-order chi connectivity index (χ1) is 6.79. The predicted octanol–water partition coefficient (Wildman–Crippen LogP) is -0.108. The van der Waals surface area contributed by atoms with Crippen LogP contribution in [0.4, 0.5) is 5.69 Å². The summed E-state index contributed by atoms with van der Waals surface area (Å²) in [6.07, 6.45) is 0.761. The summed E-state index contributed by atoms with van der Waals surface area (Å²) in [6, 6.07) is 7.96. The van der Waals surface area contributed by atoms with Crippen molar-refractivity contribution in [2.45, 2.75) is 0 Å². The molecule has 1 rings (SSSR count). The lowest BCUT2D eigenvalue weighted by atomic mass is 10.3. The van der Waals surface area contributed by atoms with E-state index >= 15 is 0 Å². The first-order valence-corrected chi connectivity index (χ1v) is 7.22. The molecule has 0 spiro atoms. The van der Waals surface area contributed by atoms with Gasteiger partial charge in [-0.25, -0.2) is 8.42 Å². The summed E-state index contributed by atoms with van der Waals surface area (Å²) in [5, 5.41) is 0. The van der Waals surface area contributed by atoms with Crippen molar-refractivity contribution in [1.82, 2.24) is 4.13 Å². The van der Waals surface area contributed by atoms with Crippen molar-refractivity contribution in [3.8, 4) is 0 Å². The van der Waals surface area contributed by atoms with Gasteiger partial charge in [0, 0.05) is 5.69 Å². The molecule has 84 valence electrons. The van der Waals surface area contributed by atoms with Gasteiger partial charge in [0.25, 0.3) is 0 Å². The lowest BCUT2D eigenvalue weighted by molar-refractivity contribution is 0.583. The van der Waals surface area contributed by atoms with Gasteiger partial charge in [-0.05, 0) is 12.1 Å². The van der Waals surface area contributed by atoms with Crippen molar-refractivity contribution < 1.29 is 16.8 Å². The average molecular weight is 250 g/mol. The van der Waals surface area contributed by atoms with Crippen LogP contribution in [0.1, 0.15) is 0 Å². The molecule has 0 amide bonds. The largest absolute Gasteiger partial charge is 0.312 e. The highest BCUT2D eigenvalue weighted by Crippen LogP contribution is 2.06. The van der Waals surface area contributed by atoms with Crippen LogP contribution in [0.3, 0.4) is 0 Å². The Labute approximate surface area is 88.6 Å². The van der Waals surface area contributed by atoms with E-state index in [4.69, 9.17) is 0 Å². The van der Waals surface area contributed by atoms with Crippen LogP contribution in [-0.2, 0) is 20.2 Å². The van der Waals surface area contributed by atoms with Crippen molar-refractivity contribution in [1.29, 1.82) is 0 Å². The molecule has 0 atom stereocenters. The van der Waals surface area contributed by atoms with Crippen molar-refractivity contribution in [2.75, 3.05) is 11.0 Å². The molecule has 2 N–H and O–H groups in total. The van der Waals surface area contributed by atoms with E-state index < -0.39 is 20.2 Å². The molecule has 1 aromatic rings. The average Bonchev–Trinajstić information content (AvgIpc) is 1.99. The number of hydrogen-bond acceptors (Lipinski definition) is 4. The molecule has 8 heteroatoms. The summed E-state index contributed by atoms with van der Waals surface area (Å²) in [7, 11) is -7.88. The Hall–Kier alpha value is -1.12. The SMILES string of the molecule is CS(=O)(=O)NS(=O)(=O)Nc1ccccc1. The molecule has 0 heterocycles. The van der Waals surface area contributed by atoms with Crippen LogP contribution in [0, 0.1) is 0 Å². The molecule has 15 heavy (non-hydrogen) atoms. The summed E-state index contributed by atoms with van der Waals surface area (Å²) >= 11 is 0. The van der Waals surface area contributed by atoms with Gasteiger partial charge in [0.1, 0.15) is 0 Å². The molecule has 0 radical (unpaired) electrons.